The van der Waals surface area contributed by atoms with E-state index in [4.69, 9.17) is 4.74 Å². The van der Waals surface area contributed by atoms with Gasteiger partial charge >= 0.3 is 0 Å². The maximum Gasteiger partial charge on any atom is 0.237 e. The van der Waals surface area contributed by atoms with Crippen LogP contribution in [0, 0.1) is 5.92 Å². The van der Waals surface area contributed by atoms with Gasteiger partial charge < -0.3 is 15.4 Å². The summed E-state index contributed by atoms with van der Waals surface area (Å²) in [7, 11) is 0. The molecule has 1 amide bonds. The maximum atomic E-state index is 12.8. The topological polar surface area (TPSA) is 50.4 Å². The molecule has 124 valence electrons. The first kappa shape index (κ1) is 15.0. The standard InChI is InChI=1S/C19H26N2O2/c22-19(17-12-13-6-1-3-8-15(13)20-17)21-16-9-5-11-23-18-10-4-2-7-14(16)18/h2,4,7,10,13,15-17,20H,1,3,5-6,8-9,11-12H2,(H,21,22). The fourth-order valence-corrected chi connectivity index (χ4v) is 4.47. The number of ether oxygens (including phenoxy) is 1. The number of hydrogen-bond donors (Lipinski definition) is 2. The predicted octanol–water partition coefficient (Wildman–Crippen LogP) is 2.94. The Morgan fingerprint density at radius 2 is 2.00 bits per heavy atom. The highest BCUT2D eigenvalue weighted by Gasteiger charge is 2.38. The molecule has 0 aromatic heterocycles. The highest BCUT2D eigenvalue weighted by Crippen LogP contribution is 2.34. The van der Waals surface area contributed by atoms with Crippen molar-refractivity contribution in [3.63, 3.8) is 0 Å². The smallest absolute Gasteiger partial charge is 0.237 e. The fraction of sp³-hybridized carbons (Fsp3) is 0.632. The van der Waals surface area contributed by atoms with Gasteiger partial charge in [-0.3, -0.25) is 4.79 Å². The lowest BCUT2D eigenvalue weighted by atomic mass is 9.85. The van der Waals surface area contributed by atoms with Crippen molar-refractivity contribution in [3.05, 3.63) is 29.8 Å². The Morgan fingerprint density at radius 1 is 1.13 bits per heavy atom. The van der Waals surface area contributed by atoms with Gasteiger partial charge in [-0.25, -0.2) is 0 Å². The zero-order valence-corrected chi connectivity index (χ0v) is 13.6. The van der Waals surface area contributed by atoms with E-state index in [0.29, 0.717) is 12.0 Å². The third-order valence-electron chi connectivity index (χ3n) is 5.68. The highest BCUT2D eigenvalue weighted by molar-refractivity contribution is 5.82. The number of rotatable bonds is 2. The number of fused-ring (bicyclic) bond motifs is 2. The molecule has 4 rings (SSSR count). The summed E-state index contributed by atoms with van der Waals surface area (Å²) in [5.74, 6) is 1.79. The third kappa shape index (κ3) is 3.09. The molecule has 0 bridgehead atoms. The van der Waals surface area contributed by atoms with Crippen LogP contribution in [0.3, 0.4) is 0 Å². The summed E-state index contributed by atoms with van der Waals surface area (Å²) in [6.45, 7) is 0.731. The van der Waals surface area contributed by atoms with Crippen molar-refractivity contribution < 1.29 is 9.53 Å². The van der Waals surface area contributed by atoms with Crippen LogP contribution in [0.25, 0.3) is 0 Å². The van der Waals surface area contributed by atoms with Crippen LogP contribution in [-0.2, 0) is 4.79 Å². The van der Waals surface area contributed by atoms with Gasteiger partial charge in [-0.2, -0.15) is 0 Å². The number of amides is 1. The Balaban J connectivity index is 1.44. The minimum Gasteiger partial charge on any atom is -0.493 e. The quantitative estimate of drug-likeness (QED) is 0.882. The van der Waals surface area contributed by atoms with Gasteiger partial charge in [0.15, 0.2) is 0 Å². The molecule has 1 saturated carbocycles. The van der Waals surface area contributed by atoms with E-state index >= 15 is 0 Å². The Labute approximate surface area is 138 Å². The average molecular weight is 314 g/mol. The van der Waals surface area contributed by atoms with E-state index in [-0.39, 0.29) is 18.0 Å². The second-order valence-electron chi connectivity index (χ2n) is 7.20. The average Bonchev–Trinajstić information content (AvgIpc) is 2.92. The van der Waals surface area contributed by atoms with Crippen molar-refractivity contribution in [1.82, 2.24) is 10.6 Å². The van der Waals surface area contributed by atoms with Crippen molar-refractivity contribution in [2.45, 2.75) is 63.1 Å². The van der Waals surface area contributed by atoms with Gasteiger partial charge in [0.2, 0.25) is 5.91 Å². The molecule has 1 aromatic rings. The van der Waals surface area contributed by atoms with E-state index in [2.05, 4.69) is 16.7 Å². The Morgan fingerprint density at radius 3 is 2.91 bits per heavy atom. The van der Waals surface area contributed by atoms with Crippen LogP contribution in [0.2, 0.25) is 0 Å². The summed E-state index contributed by atoms with van der Waals surface area (Å²) in [6, 6.07) is 8.71. The van der Waals surface area contributed by atoms with Crippen molar-refractivity contribution >= 4 is 5.91 Å². The molecule has 3 aliphatic rings. The van der Waals surface area contributed by atoms with Crippen LogP contribution in [0.15, 0.2) is 24.3 Å². The van der Waals surface area contributed by atoms with Crippen LogP contribution in [0.1, 0.15) is 56.6 Å². The first-order valence-electron chi connectivity index (χ1n) is 9.09. The first-order valence-corrected chi connectivity index (χ1v) is 9.09. The molecule has 4 heteroatoms. The molecule has 0 radical (unpaired) electrons. The molecular formula is C19H26N2O2. The van der Waals surface area contributed by atoms with Crippen molar-refractivity contribution in [2.75, 3.05) is 6.61 Å². The molecule has 2 heterocycles. The zero-order valence-electron chi connectivity index (χ0n) is 13.6. The van der Waals surface area contributed by atoms with Crippen molar-refractivity contribution in [3.8, 4) is 5.75 Å². The number of carbonyl (C=O) groups excluding carboxylic acids is 1. The lowest BCUT2D eigenvalue weighted by Crippen LogP contribution is -2.44. The molecule has 1 aromatic carbocycles. The van der Waals surface area contributed by atoms with Gasteiger partial charge in [0.05, 0.1) is 18.7 Å². The maximum absolute atomic E-state index is 12.8. The lowest BCUT2D eigenvalue weighted by molar-refractivity contribution is -0.123. The van der Waals surface area contributed by atoms with Crippen LogP contribution in [-0.4, -0.2) is 24.6 Å². The number of benzene rings is 1. The van der Waals surface area contributed by atoms with Gasteiger partial charge in [-0.15, -0.1) is 0 Å². The summed E-state index contributed by atoms with van der Waals surface area (Å²) < 4.78 is 5.80. The fourth-order valence-electron chi connectivity index (χ4n) is 4.47. The van der Waals surface area contributed by atoms with Crippen LogP contribution in [0.5, 0.6) is 5.75 Å². The van der Waals surface area contributed by atoms with Crippen LogP contribution >= 0.6 is 0 Å². The minimum absolute atomic E-state index is 0.0144. The zero-order chi connectivity index (χ0) is 15.6. The monoisotopic (exact) mass is 314 g/mol. The van der Waals surface area contributed by atoms with Gasteiger partial charge in [-0.05, 0) is 44.1 Å². The molecule has 4 atom stereocenters. The van der Waals surface area contributed by atoms with Crippen LogP contribution in [0.4, 0.5) is 0 Å². The van der Waals surface area contributed by atoms with E-state index in [0.717, 1.165) is 37.2 Å². The van der Waals surface area contributed by atoms with Gasteiger partial charge in [0.25, 0.3) is 0 Å². The summed E-state index contributed by atoms with van der Waals surface area (Å²) in [6.07, 6.45) is 8.06. The van der Waals surface area contributed by atoms with Crippen molar-refractivity contribution in [1.29, 1.82) is 0 Å². The molecule has 1 aliphatic carbocycles. The molecule has 1 saturated heterocycles. The molecular weight excluding hydrogens is 288 g/mol. The van der Waals surface area contributed by atoms with E-state index in [1.165, 1.54) is 25.7 Å². The van der Waals surface area contributed by atoms with E-state index < -0.39 is 0 Å². The summed E-state index contributed by atoms with van der Waals surface area (Å²) in [4.78, 5) is 12.8. The lowest BCUT2D eigenvalue weighted by Gasteiger charge is -2.24. The second kappa shape index (κ2) is 6.52. The van der Waals surface area contributed by atoms with Gasteiger partial charge in [0, 0.05) is 11.6 Å². The number of nitrogens with one attached hydrogen (secondary N) is 2. The first-order chi connectivity index (χ1) is 11.3. The highest BCUT2D eigenvalue weighted by atomic mass is 16.5. The van der Waals surface area contributed by atoms with E-state index in [1.54, 1.807) is 0 Å². The molecule has 0 spiro atoms. The van der Waals surface area contributed by atoms with Gasteiger partial charge in [-0.1, -0.05) is 31.0 Å². The third-order valence-corrected chi connectivity index (χ3v) is 5.68. The second-order valence-corrected chi connectivity index (χ2v) is 7.20. The van der Waals surface area contributed by atoms with Gasteiger partial charge in [0.1, 0.15) is 5.75 Å². The summed E-state index contributed by atoms with van der Waals surface area (Å²) in [5, 5.41) is 6.86. The van der Waals surface area contributed by atoms with Crippen LogP contribution < -0.4 is 15.4 Å². The molecule has 2 fully saturated rings. The molecule has 2 N–H and O–H groups in total. The molecule has 4 nitrogen and oxygen atoms in total. The number of carbonyl (C=O) groups is 1. The molecule has 23 heavy (non-hydrogen) atoms. The number of para-hydroxylation sites is 1. The van der Waals surface area contributed by atoms with E-state index in [9.17, 15) is 4.79 Å². The minimum atomic E-state index is -0.0144. The number of hydrogen-bond acceptors (Lipinski definition) is 3. The van der Waals surface area contributed by atoms with E-state index in [1.807, 2.05) is 18.2 Å². The molecule has 4 unspecified atom stereocenters. The van der Waals surface area contributed by atoms with Crippen molar-refractivity contribution in [2.24, 2.45) is 5.92 Å². The summed E-state index contributed by atoms with van der Waals surface area (Å²) in [5.41, 5.74) is 1.12. The molecule has 2 aliphatic heterocycles. The largest absolute Gasteiger partial charge is 0.493 e. The SMILES string of the molecule is O=C(NC1CCCOc2ccccc21)C1CC2CCCCC2N1. The Bertz CT molecular complexity index is 560. The predicted molar refractivity (Wildman–Crippen MR) is 89.3 cm³/mol. The normalized spacial score (nSPS) is 33.0. The Hall–Kier alpha value is -1.55. The summed E-state index contributed by atoms with van der Waals surface area (Å²) >= 11 is 0. The Kier molecular flexibility index (Phi) is 4.25.